The summed E-state index contributed by atoms with van der Waals surface area (Å²) in [6.07, 6.45) is 1.78. The van der Waals surface area contributed by atoms with Crippen molar-refractivity contribution >= 4 is 11.4 Å². The lowest BCUT2D eigenvalue weighted by atomic mass is 10.0. The largest absolute Gasteiger partial charge is 0.381 e. The van der Waals surface area contributed by atoms with E-state index in [4.69, 9.17) is 5.11 Å². The lowest BCUT2D eigenvalue weighted by molar-refractivity contribution is 0.102. The van der Waals surface area contributed by atoms with Crippen molar-refractivity contribution in [1.82, 2.24) is 10.2 Å². The molecule has 3 rings (SSSR count). The van der Waals surface area contributed by atoms with Crippen molar-refractivity contribution < 1.29 is 9.50 Å². The van der Waals surface area contributed by atoms with Gasteiger partial charge >= 0.3 is 0 Å². The molecule has 0 aromatic heterocycles. The van der Waals surface area contributed by atoms with Crippen molar-refractivity contribution in [3.8, 4) is 0 Å². The zero-order valence-corrected chi connectivity index (χ0v) is 13.9. The first-order valence-electron chi connectivity index (χ1n) is 8.34. The third-order valence-corrected chi connectivity index (χ3v) is 4.69. The normalized spacial score (nSPS) is 22.4. The second kappa shape index (κ2) is 7.23. The first-order chi connectivity index (χ1) is 11.6. The fourth-order valence-electron chi connectivity index (χ4n) is 3.21. The monoisotopic (exact) mass is 332 g/mol. The molecule has 0 aliphatic carbocycles. The van der Waals surface area contributed by atoms with E-state index in [1.807, 2.05) is 21.9 Å². The van der Waals surface area contributed by atoms with E-state index in [-0.39, 0.29) is 18.6 Å². The fourth-order valence-corrected chi connectivity index (χ4v) is 3.21. The number of hydrogen-bond acceptors (Lipinski definition) is 5. The molecule has 1 unspecified atom stereocenters. The molecule has 2 heterocycles. The van der Waals surface area contributed by atoms with E-state index in [2.05, 4.69) is 23.8 Å². The Morgan fingerprint density at radius 2 is 2.00 bits per heavy atom. The minimum Gasteiger partial charge on any atom is -0.381 e. The number of aliphatic hydroxyl groups is 1. The van der Waals surface area contributed by atoms with Crippen LogP contribution in [0.4, 0.5) is 15.8 Å². The summed E-state index contributed by atoms with van der Waals surface area (Å²) in [5.41, 5.74) is 3.22. The average Bonchev–Trinajstić information content (AvgIpc) is 2.58. The molecule has 2 saturated heterocycles. The van der Waals surface area contributed by atoms with E-state index in [9.17, 15) is 4.39 Å². The number of nitrogens with one attached hydrogen (secondary N) is 2. The Morgan fingerprint density at radius 1 is 1.25 bits per heavy atom. The maximum absolute atomic E-state index is 14.5. The number of piperidine rings is 1. The summed E-state index contributed by atoms with van der Waals surface area (Å²) in [6.45, 7) is 10.9. The molecule has 1 atom stereocenters. The molecule has 0 saturated carbocycles. The number of hydrogen-bond donors (Lipinski definition) is 3. The van der Waals surface area contributed by atoms with E-state index < -0.39 is 0 Å². The maximum atomic E-state index is 14.5. The summed E-state index contributed by atoms with van der Waals surface area (Å²) in [7, 11) is 0. The van der Waals surface area contributed by atoms with Crippen molar-refractivity contribution in [3.05, 3.63) is 48.6 Å². The summed E-state index contributed by atoms with van der Waals surface area (Å²) in [6, 6.07) is 5.36. The zero-order chi connectivity index (χ0) is 17.1. The molecular weight excluding hydrogens is 307 g/mol. The Balaban J connectivity index is 1.64. The number of piperazine rings is 1. The SMILES string of the molecule is C=C1CCC(Nc2ccc(N3CCN(CO)CC3)c(F)c2)C(=C)N1. The van der Waals surface area contributed by atoms with Gasteiger partial charge in [0.2, 0.25) is 0 Å². The molecule has 130 valence electrons. The van der Waals surface area contributed by atoms with Crippen molar-refractivity contribution in [1.29, 1.82) is 0 Å². The molecule has 2 aliphatic heterocycles. The Bertz CT molecular complexity index is 625. The summed E-state index contributed by atoms with van der Waals surface area (Å²) in [5.74, 6) is -0.226. The third kappa shape index (κ3) is 3.71. The lowest BCUT2D eigenvalue weighted by Crippen LogP contribution is -2.46. The van der Waals surface area contributed by atoms with Crippen molar-refractivity contribution in [3.63, 3.8) is 0 Å². The standard InChI is InChI=1S/C18H25FN4O/c1-13-3-5-17(14(2)20-13)21-15-4-6-18(16(19)11-15)23-9-7-22(12-24)8-10-23/h4,6,11,17,20-21,24H,1-3,5,7-10,12H2. The van der Waals surface area contributed by atoms with E-state index in [0.717, 1.165) is 56.1 Å². The van der Waals surface area contributed by atoms with E-state index in [0.29, 0.717) is 5.69 Å². The molecule has 0 radical (unpaired) electrons. The first-order valence-corrected chi connectivity index (χ1v) is 8.34. The van der Waals surface area contributed by atoms with Gasteiger partial charge in [0, 0.05) is 43.3 Å². The van der Waals surface area contributed by atoms with Gasteiger partial charge in [-0.25, -0.2) is 4.39 Å². The van der Waals surface area contributed by atoms with Crippen LogP contribution in [0.25, 0.3) is 0 Å². The van der Waals surface area contributed by atoms with Gasteiger partial charge in [-0.3, -0.25) is 4.90 Å². The van der Waals surface area contributed by atoms with E-state index in [1.54, 1.807) is 6.07 Å². The molecule has 2 fully saturated rings. The van der Waals surface area contributed by atoms with E-state index >= 15 is 0 Å². The predicted molar refractivity (Wildman–Crippen MR) is 95.3 cm³/mol. The molecule has 3 N–H and O–H groups in total. The summed E-state index contributed by atoms with van der Waals surface area (Å²) < 4.78 is 14.5. The molecule has 0 spiro atoms. The van der Waals surface area contributed by atoms with Crippen LogP contribution in [-0.4, -0.2) is 49.0 Å². The Hall–Kier alpha value is -2.05. The van der Waals surface area contributed by atoms with Gasteiger partial charge in [-0.05, 0) is 31.0 Å². The number of rotatable bonds is 4. The van der Waals surface area contributed by atoms with Crippen LogP contribution in [0.3, 0.4) is 0 Å². The summed E-state index contributed by atoms with van der Waals surface area (Å²) in [5, 5.41) is 15.6. The van der Waals surface area contributed by atoms with Crippen LogP contribution in [0.2, 0.25) is 0 Å². The van der Waals surface area contributed by atoms with Gasteiger partial charge < -0.3 is 20.6 Å². The number of benzene rings is 1. The van der Waals surface area contributed by atoms with Crippen molar-refractivity contribution in [2.24, 2.45) is 0 Å². The van der Waals surface area contributed by atoms with Gasteiger partial charge in [-0.1, -0.05) is 13.2 Å². The van der Waals surface area contributed by atoms with Gasteiger partial charge in [0.1, 0.15) is 5.82 Å². The van der Waals surface area contributed by atoms with Crippen LogP contribution in [0.5, 0.6) is 0 Å². The van der Waals surface area contributed by atoms with Crippen LogP contribution in [0, 0.1) is 5.82 Å². The lowest BCUT2D eigenvalue weighted by Gasteiger charge is -2.35. The Morgan fingerprint density at radius 3 is 2.62 bits per heavy atom. The highest BCUT2D eigenvalue weighted by atomic mass is 19.1. The number of aliphatic hydroxyl groups excluding tert-OH is 1. The second-order valence-corrected chi connectivity index (χ2v) is 6.40. The number of nitrogens with zero attached hydrogens (tertiary/aromatic N) is 2. The van der Waals surface area contributed by atoms with Crippen molar-refractivity contribution in [2.45, 2.75) is 18.9 Å². The molecule has 1 aromatic carbocycles. The number of allylic oxidation sites excluding steroid dienone is 1. The van der Waals surface area contributed by atoms with Gasteiger partial charge in [-0.2, -0.15) is 0 Å². The highest BCUT2D eigenvalue weighted by Crippen LogP contribution is 2.26. The zero-order valence-electron chi connectivity index (χ0n) is 13.9. The molecule has 1 aromatic rings. The highest BCUT2D eigenvalue weighted by molar-refractivity contribution is 5.57. The molecule has 2 aliphatic rings. The molecule has 5 nitrogen and oxygen atoms in total. The van der Waals surface area contributed by atoms with Crippen LogP contribution in [0.15, 0.2) is 42.8 Å². The average molecular weight is 332 g/mol. The molecule has 0 amide bonds. The third-order valence-electron chi connectivity index (χ3n) is 4.69. The van der Waals surface area contributed by atoms with Gasteiger partial charge in [0.25, 0.3) is 0 Å². The van der Waals surface area contributed by atoms with Gasteiger partial charge in [0.05, 0.1) is 18.5 Å². The van der Waals surface area contributed by atoms with Crippen LogP contribution >= 0.6 is 0 Å². The molecule has 24 heavy (non-hydrogen) atoms. The quantitative estimate of drug-likeness (QED) is 0.788. The van der Waals surface area contributed by atoms with E-state index in [1.165, 1.54) is 0 Å². The summed E-state index contributed by atoms with van der Waals surface area (Å²) >= 11 is 0. The molecule has 6 heteroatoms. The molecule has 0 bridgehead atoms. The first kappa shape index (κ1) is 16.8. The van der Waals surface area contributed by atoms with Crippen LogP contribution < -0.4 is 15.5 Å². The highest BCUT2D eigenvalue weighted by Gasteiger charge is 2.21. The number of halogens is 1. The second-order valence-electron chi connectivity index (χ2n) is 6.40. The van der Waals surface area contributed by atoms with Crippen molar-refractivity contribution in [2.75, 3.05) is 43.1 Å². The minimum atomic E-state index is -0.226. The van der Waals surface area contributed by atoms with Crippen LogP contribution in [0.1, 0.15) is 12.8 Å². The Labute approximate surface area is 142 Å². The van der Waals surface area contributed by atoms with Gasteiger partial charge in [-0.15, -0.1) is 0 Å². The van der Waals surface area contributed by atoms with Crippen LogP contribution in [-0.2, 0) is 0 Å². The fraction of sp³-hybridized carbons (Fsp3) is 0.444. The smallest absolute Gasteiger partial charge is 0.148 e. The Kier molecular flexibility index (Phi) is 5.06. The topological polar surface area (TPSA) is 50.8 Å². The van der Waals surface area contributed by atoms with Gasteiger partial charge in [0.15, 0.2) is 0 Å². The number of anilines is 2. The molecular formula is C18H25FN4O. The summed E-state index contributed by atoms with van der Waals surface area (Å²) in [4.78, 5) is 3.97. The predicted octanol–water partition coefficient (Wildman–Crippen LogP) is 2.09. The minimum absolute atomic E-state index is 0.0604. The maximum Gasteiger partial charge on any atom is 0.148 e.